The quantitative estimate of drug-likeness (QED) is 0.471. The average Bonchev–Trinajstić information content (AvgIpc) is 3.42. The van der Waals surface area contributed by atoms with Crippen molar-refractivity contribution in [2.24, 2.45) is 0 Å². The molecule has 11 heteroatoms. The highest BCUT2D eigenvalue weighted by Crippen LogP contribution is 2.42. The predicted molar refractivity (Wildman–Crippen MR) is 109 cm³/mol. The van der Waals surface area contributed by atoms with Gasteiger partial charge in [-0.05, 0) is 55.3 Å². The van der Waals surface area contributed by atoms with Gasteiger partial charge in [0.2, 0.25) is 12.1 Å². The van der Waals surface area contributed by atoms with Crippen molar-refractivity contribution in [3.8, 4) is 5.69 Å². The third-order valence-electron chi connectivity index (χ3n) is 5.22. The fourth-order valence-electron chi connectivity index (χ4n) is 3.49. The van der Waals surface area contributed by atoms with Crippen LogP contribution in [0, 0.1) is 0 Å². The van der Waals surface area contributed by atoms with E-state index in [2.05, 4.69) is 25.7 Å². The van der Waals surface area contributed by atoms with Crippen LogP contribution >= 0.6 is 0 Å². The van der Waals surface area contributed by atoms with Crippen LogP contribution in [-0.4, -0.2) is 42.1 Å². The van der Waals surface area contributed by atoms with Crippen molar-refractivity contribution < 1.29 is 18.0 Å². The van der Waals surface area contributed by atoms with E-state index in [1.807, 2.05) is 0 Å². The zero-order valence-corrected chi connectivity index (χ0v) is 16.7. The molecule has 0 aliphatic heterocycles. The van der Waals surface area contributed by atoms with Gasteiger partial charge in [0.25, 0.3) is 6.43 Å². The number of benzene rings is 1. The Labute approximate surface area is 180 Å². The third-order valence-corrected chi connectivity index (χ3v) is 5.22. The Hall–Kier alpha value is -3.76. The number of carbonyl (C=O) groups excluding carboxylic acids is 1. The fraction of sp³-hybridized carbons (Fsp3) is 0.286. The lowest BCUT2D eigenvalue weighted by Crippen LogP contribution is -2.19. The van der Waals surface area contributed by atoms with Gasteiger partial charge in [-0.2, -0.15) is 5.10 Å². The van der Waals surface area contributed by atoms with E-state index in [4.69, 9.17) is 0 Å². The van der Waals surface area contributed by atoms with Crippen LogP contribution in [0.4, 0.5) is 18.9 Å². The van der Waals surface area contributed by atoms with E-state index >= 15 is 0 Å². The molecule has 1 unspecified atom stereocenters. The molecule has 3 heterocycles. The second-order valence-corrected chi connectivity index (χ2v) is 7.60. The van der Waals surface area contributed by atoms with Gasteiger partial charge in [0.15, 0.2) is 5.65 Å². The molecule has 4 aromatic rings. The molecular formula is C21H18F3N7O. The van der Waals surface area contributed by atoms with Crippen LogP contribution in [0.3, 0.4) is 0 Å². The van der Waals surface area contributed by atoms with Gasteiger partial charge in [0.05, 0.1) is 5.69 Å². The second kappa shape index (κ2) is 8.06. The largest absolute Gasteiger partial charge is 0.324 e. The number of rotatable bonds is 7. The van der Waals surface area contributed by atoms with Crippen LogP contribution in [-0.2, 0) is 11.3 Å². The van der Waals surface area contributed by atoms with Crippen LogP contribution in [0.15, 0.2) is 48.7 Å². The third kappa shape index (κ3) is 3.93. The molecule has 1 aromatic carbocycles. The van der Waals surface area contributed by atoms with E-state index in [0.29, 0.717) is 28.2 Å². The summed E-state index contributed by atoms with van der Waals surface area (Å²) in [7, 11) is 0. The number of alkyl halides is 3. The fourth-order valence-corrected chi connectivity index (χ4v) is 3.49. The number of anilines is 1. The summed E-state index contributed by atoms with van der Waals surface area (Å²) in [5.41, 5.74) is 2.68. The minimum absolute atomic E-state index is 0.0604. The van der Waals surface area contributed by atoms with E-state index in [1.54, 1.807) is 42.6 Å². The van der Waals surface area contributed by atoms with Crippen LogP contribution in [0.25, 0.3) is 16.9 Å². The monoisotopic (exact) mass is 441 g/mol. The van der Waals surface area contributed by atoms with Gasteiger partial charge >= 0.3 is 0 Å². The first-order valence-corrected chi connectivity index (χ1v) is 10.1. The summed E-state index contributed by atoms with van der Waals surface area (Å²) in [6, 6.07) is 11.6. The summed E-state index contributed by atoms with van der Waals surface area (Å²) in [5.74, 6) is -0.126. The molecule has 8 nitrogen and oxygen atoms in total. The molecule has 1 saturated carbocycles. The molecule has 3 aromatic heterocycles. The van der Waals surface area contributed by atoms with Crippen molar-refractivity contribution >= 4 is 22.8 Å². The van der Waals surface area contributed by atoms with Crippen molar-refractivity contribution in [2.75, 3.05) is 5.32 Å². The van der Waals surface area contributed by atoms with Crippen LogP contribution in [0.1, 0.15) is 36.3 Å². The topological polar surface area (TPSA) is 90.5 Å². The minimum atomic E-state index is -3.12. The van der Waals surface area contributed by atoms with E-state index in [0.717, 1.165) is 12.8 Å². The molecule has 1 atom stereocenters. The summed E-state index contributed by atoms with van der Waals surface area (Å²) in [5, 5.41) is 14.8. The van der Waals surface area contributed by atoms with E-state index in [-0.39, 0.29) is 24.1 Å². The number of hydrogen-bond acceptors (Lipinski definition) is 5. The van der Waals surface area contributed by atoms with Crippen molar-refractivity contribution in [3.63, 3.8) is 0 Å². The van der Waals surface area contributed by atoms with Crippen molar-refractivity contribution in [1.29, 1.82) is 0 Å². The molecule has 0 radical (unpaired) electrons. The SMILES string of the molecule is O=C(Cn1nnc2cccnc21)Nc1ccc(-n2nc(C(F)C(F)F)cc2C2CC2)cc1. The molecule has 0 saturated heterocycles. The molecule has 1 aliphatic carbocycles. The predicted octanol–water partition coefficient (Wildman–Crippen LogP) is 3.80. The minimum Gasteiger partial charge on any atom is -0.324 e. The highest BCUT2D eigenvalue weighted by Gasteiger charge is 2.32. The Morgan fingerprint density at radius 1 is 1.16 bits per heavy atom. The maximum Gasteiger partial charge on any atom is 0.275 e. The summed E-state index contributed by atoms with van der Waals surface area (Å²) in [6.07, 6.45) is -2.12. The molecular weight excluding hydrogens is 423 g/mol. The average molecular weight is 441 g/mol. The lowest BCUT2D eigenvalue weighted by molar-refractivity contribution is -0.116. The van der Waals surface area contributed by atoms with Gasteiger partial charge in [-0.15, -0.1) is 5.10 Å². The van der Waals surface area contributed by atoms with Gasteiger partial charge in [0.1, 0.15) is 17.8 Å². The highest BCUT2D eigenvalue weighted by molar-refractivity contribution is 5.91. The van der Waals surface area contributed by atoms with Crippen LogP contribution < -0.4 is 5.32 Å². The highest BCUT2D eigenvalue weighted by atomic mass is 19.3. The standard InChI is InChI=1S/C21H18F3N7O/c22-19(20(23)24)16-10-17(12-3-4-12)31(28-16)14-7-5-13(6-8-14)26-18(32)11-30-21-15(27-29-30)2-1-9-25-21/h1-2,5-10,12,19-20H,3-4,11H2,(H,26,32). The van der Waals surface area contributed by atoms with Gasteiger partial charge in [-0.1, -0.05) is 5.21 Å². The molecule has 1 amide bonds. The Morgan fingerprint density at radius 2 is 1.94 bits per heavy atom. The number of fused-ring (bicyclic) bond motifs is 1. The first kappa shape index (κ1) is 20.2. The summed E-state index contributed by atoms with van der Waals surface area (Å²) >= 11 is 0. The zero-order chi connectivity index (χ0) is 22.2. The molecule has 5 rings (SSSR count). The van der Waals surface area contributed by atoms with E-state index < -0.39 is 12.6 Å². The molecule has 0 spiro atoms. The summed E-state index contributed by atoms with van der Waals surface area (Å²) in [6.45, 7) is -0.0604. The van der Waals surface area contributed by atoms with Crippen molar-refractivity contribution in [3.05, 3.63) is 60.0 Å². The maximum absolute atomic E-state index is 13.8. The van der Waals surface area contributed by atoms with E-state index in [9.17, 15) is 18.0 Å². The number of nitrogens with zero attached hydrogens (tertiary/aromatic N) is 6. The second-order valence-electron chi connectivity index (χ2n) is 7.60. The number of nitrogens with one attached hydrogen (secondary N) is 1. The van der Waals surface area contributed by atoms with Crippen LogP contribution in [0.5, 0.6) is 0 Å². The van der Waals surface area contributed by atoms with Gasteiger partial charge in [-0.25, -0.2) is 27.5 Å². The van der Waals surface area contributed by atoms with E-state index in [1.165, 1.54) is 15.4 Å². The first-order chi connectivity index (χ1) is 15.5. The Kier molecular flexibility index (Phi) is 5.08. The molecule has 1 aliphatic rings. The molecule has 1 N–H and O–H groups in total. The Morgan fingerprint density at radius 3 is 2.66 bits per heavy atom. The summed E-state index contributed by atoms with van der Waals surface area (Å²) < 4.78 is 42.3. The first-order valence-electron chi connectivity index (χ1n) is 10.1. The molecule has 164 valence electrons. The molecule has 0 bridgehead atoms. The Balaban J connectivity index is 1.32. The van der Waals surface area contributed by atoms with Crippen molar-refractivity contribution in [2.45, 2.75) is 37.9 Å². The van der Waals surface area contributed by atoms with Gasteiger partial charge in [0, 0.05) is 23.5 Å². The lowest BCUT2D eigenvalue weighted by atomic mass is 10.2. The number of hydrogen-bond donors (Lipinski definition) is 1. The molecule has 32 heavy (non-hydrogen) atoms. The number of carbonyl (C=O) groups is 1. The number of halogens is 3. The number of amides is 1. The van der Waals surface area contributed by atoms with Gasteiger partial charge in [-0.3, -0.25) is 4.79 Å². The normalized spacial score (nSPS) is 14.8. The summed E-state index contributed by atoms with van der Waals surface area (Å²) in [4.78, 5) is 16.6. The zero-order valence-electron chi connectivity index (χ0n) is 16.7. The number of aromatic nitrogens is 6. The Bertz CT molecular complexity index is 1260. The molecule has 1 fully saturated rings. The number of pyridine rings is 1. The maximum atomic E-state index is 13.8. The van der Waals surface area contributed by atoms with Crippen molar-refractivity contribution in [1.82, 2.24) is 29.8 Å². The van der Waals surface area contributed by atoms with Crippen LogP contribution in [0.2, 0.25) is 0 Å². The smallest absolute Gasteiger partial charge is 0.275 e. The van der Waals surface area contributed by atoms with Gasteiger partial charge < -0.3 is 5.32 Å². The lowest BCUT2D eigenvalue weighted by Gasteiger charge is -2.09.